The maximum Gasteiger partial charge on any atom is 0.234 e. The number of nitrogens with one attached hydrogen (secondary N) is 1. The van der Waals surface area contributed by atoms with Gasteiger partial charge in [-0.3, -0.25) is 4.79 Å². The molecule has 0 aliphatic carbocycles. The van der Waals surface area contributed by atoms with Crippen molar-refractivity contribution in [2.75, 3.05) is 11.1 Å². The maximum atomic E-state index is 13.4. The second kappa shape index (κ2) is 8.54. The van der Waals surface area contributed by atoms with E-state index in [4.69, 9.17) is 11.6 Å². The van der Waals surface area contributed by atoms with Crippen molar-refractivity contribution in [2.45, 2.75) is 25.5 Å². The van der Waals surface area contributed by atoms with Crippen molar-refractivity contribution < 1.29 is 9.18 Å². The minimum Gasteiger partial charge on any atom is -0.325 e. The molecule has 0 spiro atoms. The molecule has 1 heterocycles. The summed E-state index contributed by atoms with van der Waals surface area (Å²) in [4.78, 5) is 12.2. The third-order valence-electron chi connectivity index (χ3n) is 3.95. The van der Waals surface area contributed by atoms with Crippen LogP contribution in [0.25, 0.3) is 11.4 Å². The number of carbonyl (C=O) groups excluding carboxylic acids is 1. The van der Waals surface area contributed by atoms with Crippen LogP contribution in [0.1, 0.15) is 12.5 Å². The zero-order valence-corrected chi connectivity index (χ0v) is 16.4. The van der Waals surface area contributed by atoms with Crippen molar-refractivity contribution in [3.05, 3.63) is 58.9 Å². The first kappa shape index (κ1) is 19.4. The summed E-state index contributed by atoms with van der Waals surface area (Å²) in [6, 6.07) is 11.7. The summed E-state index contributed by atoms with van der Waals surface area (Å²) in [5.74, 6) is 0.167. The number of aromatic nitrogens is 3. The Kier molecular flexibility index (Phi) is 6.13. The van der Waals surface area contributed by atoms with E-state index in [2.05, 4.69) is 15.5 Å². The molecule has 27 heavy (non-hydrogen) atoms. The zero-order chi connectivity index (χ0) is 19.4. The molecule has 0 atom stereocenters. The van der Waals surface area contributed by atoms with Gasteiger partial charge in [0.1, 0.15) is 5.82 Å². The highest BCUT2D eigenvalue weighted by Crippen LogP contribution is 2.29. The second-order valence-electron chi connectivity index (χ2n) is 5.83. The number of amides is 1. The highest BCUT2D eigenvalue weighted by Gasteiger charge is 2.16. The SMILES string of the molecule is CCn1c(SCC(=O)Nc2cc(F)ccc2C)nnc1-c1ccccc1Cl. The van der Waals surface area contributed by atoms with Crippen LogP contribution in [-0.4, -0.2) is 26.4 Å². The standard InChI is InChI=1S/C19H18ClFN4OS/c1-3-25-18(14-6-4-5-7-15(14)20)23-24-19(25)27-11-17(26)22-16-10-13(21)9-8-12(16)2/h4-10H,3,11H2,1-2H3,(H,22,26). The third-order valence-corrected chi connectivity index (χ3v) is 5.25. The number of thioether (sulfide) groups is 1. The minimum atomic E-state index is -0.390. The average Bonchev–Trinajstić information content (AvgIpc) is 3.06. The first-order valence-electron chi connectivity index (χ1n) is 8.36. The number of benzene rings is 2. The van der Waals surface area contributed by atoms with Crippen molar-refractivity contribution in [3.63, 3.8) is 0 Å². The number of aryl methyl sites for hydroxylation is 1. The van der Waals surface area contributed by atoms with Gasteiger partial charge in [0.25, 0.3) is 0 Å². The van der Waals surface area contributed by atoms with E-state index in [1.165, 1.54) is 23.9 Å². The number of rotatable bonds is 6. The zero-order valence-electron chi connectivity index (χ0n) is 14.9. The fourth-order valence-corrected chi connectivity index (χ4v) is 3.59. The number of hydrogen-bond acceptors (Lipinski definition) is 4. The summed E-state index contributed by atoms with van der Waals surface area (Å²) in [5.41, 5.74) is 2.06. The van der Waals surface area contributed by atoms with Gasteiger partial charge in [0, 0.05) is 17.8 Å². The molecule has 0 fully saturated rings. The lowest BCUT2D eigenvalue weighted by atomic mass is 10.2. The smallest absolute Gasteiger partial charge is 0.234 e. The number of nitrogens with zero attached hydrogens (tertiary/aromatic N) is 3. The largest absolute Gasteiger partial charge is 0.325 e. The van der Waals surface area contributed by atoms with Crippen LogP contribution in [-0.2, 0) is 11.3 Å². The van der Waals surface area contributed by atoms with Gasteiger partial charge in [-0.25, -0.2) is 4.39 Å². The summed E-state index contributed by atoms with van der Waals surface area (Å²) in [7, 11) is 0. The predicted molar refractivity (Wildman–Crippen MR) is 107 cm³/mol. The van der Waals surface area contributed by atoms with Crippen LogP contribution < -0.4 is 5.32 Å². The number of carbonyl (C=O) groups is 1. The molecule has 0 radical (unpaired) electrons. The van der Waals surface area contributed by atoms with Crippen LogP contribution >= 0.6 is 23.4 Å². The van der Waals surface area contributed by atoms with Crippen LogP contribution in [0, 0.1) is 12.7 Å². The minimum absolute atomic E-state index is 0.136. The third kappa shape index (κ3) is 4.48. The summed E-state index contributed by atoms with van der Waals surface area (Å²) in [6.45, 7) is 4.43. The van der Waals surface area contributed by atoms with Gasteiger partial charge in [-0.1, -0.05) is 41.6 Å². The van der Waals surface area contributed by atoms with E-state index in [1.807, 2.05) is 36.6 Å². The van der Waals surface area contributed by atoms with E-state index < -0.39 is 5.82 Å². The molecule has 0 aliphatic rings. The molecule has 5 nitrogen and oxygen atoms in total. The summed E-state index contributed by atoms with van der Waals surface area (Å²) in [6.07, 6.45) is 0. The molecule has 3 aromatic rings. The van der Waals surface area contributed by atoms with Crippen molar-refractivity contribution in [1.29, 1.82) is 0 Å². The molecule has 1 amide bonds. The molecule has 2 aromatic carbocycles. The van der Waals surface area contributed by atoms with Gasteiger partial charge in [0.2, 0.25) is 5.91 Å². The van der Waals surface area contributed by atoms with Gasteiger partial charge in [0.05, 0.1) is 10.8 Å². The molecule has 1 aromatic heterocycles. The number of hydrogen-bond donors (Lipinski definition) is 1. The van der Waals surface area contributed by atoms with Gasteiger partial charge in [-0.2, -0.15) is 0 Å². The highest BCUT2D eigenvalue weighted by atomic mass is 35.5. The van der Waals surface area contributed by atoms with Crippen molar-refractivity contribution in [1.82, 2.24) is 14.8 Å². The lowest BCUT2D eigenvalue weighted by Crippen LogP contribution is -2.15. The molecular formula is C19H18ClFN4OS. The fourth-order valence-electron chi connectivity index (χ4n) is 2.57. The normalized spacial score (nSPS) is 10.8. The quantitative estimate of drug-likeness (QED) is 0.599. The van der Waals surface area contributed by atoms with E-state index in [-0.39, 0.29) is 11.7 Å². The molecule has 0 saturated heterocycles. The van der Waals surface area contributed by atoms with Crippen LogP contribution in [0.5, 0.6) is 0 Å². The first-order chi connectivity index (χ1) is 13.0. The summed E-state index contributed by atoms with van der Waals surface area (Å²) >= 11 is 7.53. The molecule has 8 heteroatoms. The van der Waals surface area contributed by atoms with Crippen LogP contribution in [0.3, 0.4) is 0 Å². The van der Waals surface area contributed by atoms with Crippen LogP contribution in [0.4, 0.5) is 10.1 Å². The molecule has 140 valence electrons. The van der Waals surface area contributed by atoms with Gasteiger partial charge in [-0.15, -0.1) is 10.2 Å². The molecule has 0 unspecified atom stereocenters. The van der Waals surface area contributed by atoms with Crippen LogP contribution in [0.15, 0.2) is 47.6 Å². The maximum absolute atomic E-state index is 13.4. The second-order valence-corrected chi connectivity index (χ2v) is 7.18. The van der Waals surface area contributed by atoms with Gasteiger partial charge in [0.15, 0.2) is 11.0 Å². The highest BCUT2D eigenvalue weighted by molar-refractivity contribution is 7.99. The molecule has 1 N–H and O–H groups in total. The average molecular weight is 405 g/mol. The lowest BCUT2D eigenvalue weighted by Gasteiger charge is -2.10. The van der Waals surface area contributed by atoms with E-state index in [0.717, 1.165) is 11.1 Å². The van der Waals surface area contributed by atoms with E-state index in [1.54, 1.807) is 12.1 Å². The van der Waals surface area contributed by atoms with E-state index in [0.29, 0.717) is 28.2 Å². The lowest BCUT2D eigenvalue weighted by molar-refractivity contribution is -0.113. The summed E-state index contributed by atoms with van der Waals surface area (Å²) < 4.78 is 15.3. The van der Waals surface area contributed by atoms with Gasteiger partial charge >= 0.3 is 0 Å². The fraction of sp³-hybridized carbons (Fsp3) is 0.211. The van der Waals surface area contributed by atoms with Gasteiger partial charge < -0.3 is 9.88 Å². The van der Waals surface area contributed by atoms with Crippen molar-refractivity contribution in [2.24, 2.45) is 0 Å². The Balaban J connectivity index is 1.72. The topological polar surface area (TPSA) is 59.8 Å². The van der Waals surface area contributed by atoms with E-state index in [9.17, 15) is 9.18 Å². The Bertz CT molecular complexity index is 976. The molecule has 3 rings (SSSR count). The Hall–Kier alpha value is -2.38. The van der Waals surface area contributed by atoms with Gasteiger partial charge in [-0.05, 0) is 43.7 Å². The van der Waals surface area contributed by atoms with Crippen LogP contribution in [0.2, 0.25) is 5.02 Å². The van der Waals surface area contributed by atoms with Crippen molar-refractivity contribution >= 4 is 35.0 Å². The monoisotopic (exact) mass is 404 g/mol. The first-order valence-corrected chi connectivity index (χ1v) is 9.73. The number of anilines is 1. The Morgan fingerprint density at radius 2 is 2.04 bits per heavy atom. The number of halogens is 2. The van der Waals surface area contributed by atoms with E-state index >= 15 is 0 Å². The predicted octanol–water partition coefficient (Wildman–Crippen LogP) is 4.80. The Morgan fingerprint density at radius 3 is 2.78 bits per heavy atom. The Labute approximate surface area is 166 Å². The summed E-state index contributed by atoms with van der Waals surface area (Å²) in [5, 5.41) is 12.4. The molecule has 0 saturated carbocycles. The molecule has 0 aliphatic heterocycles. The molecular weight excluding hydrogens is 387 g/mol. The molecule has 0 bridgehead atoms. The van der Waals surface area contributed by atoms with Crippen molar-refractivity contribution in [3.8, 4) is 11.4 Å². The Morgan fingerprint density at radius 1 is 1.26 bits per heavy atom.